The molecule has 1 heteroatoms. The van der Waals surface area contributed by atoms with Crippen LogP contribution in [0.4, 0.5) is 0 Å². The molecule has 11 heavy (non-hydrogen) atoms. The first-order valence-electron chi connectivity index (χ1n) is 5.01. The summed E-state index contributed by atoms with van der Waals surface area (Å²) in [6, 6.07) is 0. The van der Waals surface area contributed by atoms with Gasteiger partial charge in [0.05, 0.1) is 0 Å². The second kappa shape index (κ2) is 4.76. The highest BCUT2D eigenvalue weighted by molar-refractivity contribution is 4.75. The predicted octanol–water partition coefficient (Wildman–Crippen LogP) is 2.52. The van der Waals surface area contributed by atoms with Crippen LogP contribution in [0, 0.1) is 5.92 Å². The third-order valence-corrected chi connectivity index (χ3v) is 2.41. The molecule has 0 amide bonds. The van der Waals surface area contributed by atoms with Crippen LogP contribution in [-0.4, -0.2) is 25.0 Å². The lowest BCUT2D eigenvalue weighted by Crippen LogP contribution is -2.21. The average molecular weight is 155 g/mol. The van der Waals surface area contributed by atoms with Crippen molar-refractivity contribution in [1.82, 2.24) is 4.90 Å². The minimum atomic E-state index is 1.06. The topological polar surface area (TPSA) is 3.24 Å². The molecule has 0 aromatic carbocycles. The second-order valence-electron chi connectivity index (χ2n) is 3.91. The van der Waals surface area contributed by atoms with Gasteiger partial charge in [-0.25, -0.2) is 0 Å². The first-order chi connectivity index (χ1) is 5.33. The Morgan fingerprint density at radius 1 is 1.27 bits per heavy atom. The number of nitrogens with zero attached hydrogens (tertiary/aromatic N) is 1. The van der Waals surface area contributed by atoms with Gasteiger partial charge in [-0.2, -0.15) is 0 Å². The van der Waals surface area contributed by atoms with E-state index in [2.05, 4.69) is 18.9 Å². The van der Waals surface area contributed by atoms with Crippen molar-refractivity contribution in [2.75, 3.05) is 20.1 Å². The van der Waals surface area contributed by atoms with E-state index in [4.69, 9.17) is 0 Å². The molecule has 0 N–H and O–H groups in total. The number of unbranched alkanes of at least 4 members (excludes halogenated alkanes) is 2. The molecule has 0 saturated heterocycles. The molecule has 0 aromatic heterocycles. The SMILES string of the molecule is CCCCCN(C)CC1CC1. The van der Waals surface area contributed by atoms with Gasteiger partial charge in [0.1, 0.15) is 0 Å². The van der Waals surface area contributed by atoms with Crippen LogP contribution in [0.3, 0.4) is 0 Å². The first-order valence-corrected chi connectivity index (χ1v) is 5.01. The predicted molar refractivity (Wildman–Crippen MR) is 49.7 cm³/mol. The Bertz CT molecular complexity index is 97.0. The third-order valence-electron chi connectivity index (χ3n) is 2.41. The quantitative estimate of drug-likeness (QED) is 0.533. The van der Waals surface area contributed by atoms with E-state index >= 15 is 0 Å². The van der Waals surface area contributed by atoms with Crippen molar-refractivity contribution in [3.8, 4) is 0 Å². The summed E-state index contributed by atoms with van der Waals surface area (Å²) in [6.45, 7) is 4.93. The first kappa shape index (κ1) is 9.05. The maximum absolute atomic E-state index is 2.49. The van der Waals surface area contributed by atoms with Gasteiger partial charge in [0.15, 0.2) is 0 Å². The van der Waals surface area contributed by atoms with Crippen LogP contribution in [0.2, 0.25) is 0 Å². The zero-order valence-corrected chi connectivity index (χ0v) is 7.97. The van der Waals surface area contributed by atoms with Gasteiger partial charge >= 0.3 is 0 Å². The summed E-state index contributed by atoms with van der Waals surface area (Å²) in [5.41, 5.74) is 0. The number of rotatable bonds is 6. The highest BCUT2D eigenvalue weighted by atomic mass is 15.1. The fourth-order valence-corrected chi connectivity index (χ4v) is 1.46. The second-order valence-corrected chi connectivity index (χ2v) is 3.91. The Kier molecular flexibility index (Phi) is 3.92. The monoisotopic (exact) mass is 155 g/mol. The van der Waals surface area contributed by atoms with Crippen molar-refractivity contribution in [2.24, 2.45) is 5.92 Å². The maximum Gasteiger partial charge on any atom is 0.000661 e. The summed E-state index contributed by atoms with van der Waals surface area (Å²) in [4.78, 5) is 2.49. The summed E-state index contributed by atoms with van der Waals surface area (Å²) in [6.07, 6.45) is 7.10. The molecule has 1 nitrogen and oxygen atoms in total. The van der Waals surface area contributed by atoms with E-state index < -0.39 is 0 Å². The minimum Gasteiger partial charge on any atom is -0.306 e. The van der Waals surface area contributed by atoms with Crippen molar-refractivity contribution in [3.63, 3.8) is 0 Å². The molecule has 0 atom stereocenters. The lowest BCUT2D eigenvalue weighted by molar-refractivity contribution is 0.312. The molecule has 0 radical (unpaired) electrons. The van der Waals surface area contributed by atoms with Crippen LogP contribution < -0.4 is 0 Å². The van der Waals surface area contributed by atoms with Crippen LogP contribution in [0.25, 0.3) is 0 Å². The van der Waals surface area contributed by atoms with Gasteiger partial charge in [-0.3, -0.25) is 0 Å². The molecule has 0 unspecified atom stereocenters. The molecule has 0 heterocycles. The van der Waals surface area contributed by atoms with Crippen LogP contribution >= 0.6 is 0 Å². The summed E-state index contributed by atoms with van der Waals surface area (Å²) in [5, 5.41) is 0. The van der Waals surface area contributed by atoms with Gasteiger partial charge in [0, 0.05) is 6.54 Å². The number of hydrogen-bond acceptors (Lipinski definition) is 1. The Hall–Kier alpha value is -0.0400. The van der Waals surface area contributed by atoms with Crippen LogP contribution in [0.15, 0.2) is 0 Å². The molecule has 1 saturated carbocycles. The van der Waals surface area contributed by atoms with Crippen molar-refractivity contribution in [2.45, 2.75) is 39.0 Å². The Morgan fingerprint density at radius 3 is 2.55 bits per heavy atom. The van der Waals surface area contributed by atoms with Crippen LogP contribution in [-0.2, 0) is 0 Å². The van der Waals surface area contributed by atoms with E-state index in [0.717, 1.165) is 5.92 Å². The van der Waals surface area contributed by atoms with Crippen molar-refractivity contribution in [1.29, 1.82) is 0 Å². The number of hydrogen-bond donors (Lipinski definition) is 0. The van der Waals surface area contributed by atoms with Gasteiger partial charge < -0.3 is 4.90 Å². The highest BCUT2D eigenvalue weighted by Gasteiger charge is 2.22. The molecule has 66 valence electrons. The average Bonchev–Trinajstić information content (AvgIpc) is 2.72. The van der Waals surface area contributed by atoms with Crippen LogP contribution in [0.1, 0.15) is 39.0 Å². The van der Waals surface area contributed by atoms with Crippen molar-refractivity contribution >= 4 is 0 Å². The molecule has 1 rings (SSSR count). The molecular weight excluding hydrogens is 134 g/mol. The van der Waals surface area contributed by atoms with Gasteiger partial charge in [-0.1, -0.05) is 19.8 Å². The van der Waals surface area contributed by atoms with E-state index in [9.17, 15) is 0 Å². The molecule has 0 spiro atoms. The Labute approximate surface area is 70.8 Å². The fraction of sp³-hybridized carbons (Fsp3) is 1.00. The molecule has 0 bridgehead atoms. The molecule has 0 aromatic rings. The lowest BCUT2D eigenvalue weighted by Gasteiger charge is -2.15. The van der Waals surface area contributed by atoms with Crippen molar-refractivity contribution in [3.05, 3.63) is 0 Å². The highest BCUT2D eigenvalue weighted by Crippen LogP contribution is 2.29. The summed E-state index contributed by atoms with van der Waals surface area (Å²) in [5.74, 6) is 1.06. The standard InChI is InChI=1S/C10H21N/c1-3-4-5-8-11(2)9-10-6-7-10/h10H,3-9H2,1-2H3. The summed E-state index contributed by atoms with van der Waals surface area (Å²) in [7, 11) is 2.26. The van der Waals surface area contributed by atoms with E-state index in [1.54, 1.807) is 0 Å². The fourth-order valence-electron chi connectivity index (χ4n) is 1.46. The van der Waals surface area contributed by atoms with E-state index in [1.807, 2.05) is 0 Å². The Balaban J connectivity index is 1.87. The molecular formula is C10H21N. The maximum atomic E-state index is 2.49. The molecule has 1 fully saturated rings. The smallest absolute Gasteiger partial charge is 0.000661 e. The molecule has 0 aliphatic heterocycles. The van der Waals surface area contributed by atoms with Gasteiger partial charge in [-0.05, 0) is 38.8 Å². The Morgan fingerprint density at radius 2 is 2.00 bits per heavy atom. The minimum absolute atomic E-state index is 1.06. The summed E-state index contributed by atoms with van der Waals surface area (Å²) < 4.78 is 0. The largest absolute Gasteiger partial charge is 0.306 e. The molecule has 1 aliphatic carbocycles. The van der Waals surface area contributed by atoms with E-state index in [-0.39, 0.29) is 0 Å². The van der Waals surface area contributed by atoms with Gasteiger partial charge in [0.2, 0.25) is 0 Å². The zero-order valence-electron chi connectivity index (χ0n) is 7.97. The van der Waals surface area contributed by atoms with E-state index in [1.165, 1.54) is 45.2 Å². The van der Waals surface area contributed by atoms with E-state index in [0.29, 0.717) is 0 Å². The summed E-state index contributed by atoms with van der Waals surface area (Å²) >= 11 is 0. The van der Waals surface area contributed by atoms with Crippen molar-refractivity contribution < 1.29 is 0 Å². The molecule has 1 aliphatic rings. The third kappa shape index (κ3) is 4.41. The van der Waals surface area contributed by atoms with Crippen LogP contribution in [0.5, 0.6) is 0 Å². The van der Waals surface area contributed by atoms with Gasteiger partial charge in [0.25, 0.3) is 0 Å². The normalized spacial score (nSPS) is 17.7. The van der Waals surface area contributed by atoms with Gasteiger partial charge in [-0.15, -0.1) is 0 Å². The lowest BCUT2D eigenvalue weighted by atomic mass is 10.2. The zero-order chi connectivity index (χ0) is 8.10.